The molecule has 0 radical (unpaired) electrons. The number of hydrogen-bond donors (Lipinski definition) is 2. The van der Waals surface area contributed by atoms with Crippen molar-refractivity contribution in [2.75, 3.05) is 24.3 Å². The fraction of sp³-hybridized carbons (Fsp3) is 0.308. The summed E-state index contributed by atoms with van der Waals surface area (Å²) in [5, 5.41) is 2.62. The van der Waals surface area contributed by atoms with Gasteiger partial charge in [-0.15, -0.1) is 0 Å². The molecule has 0 bridgehead atoms. The van der Waals surface area contributed by atoms with E-state index in [9.17, 15) is 13.2 Å². The number of nitrogen functional groups attached to an aromatic ring is 1. The van der Waals surface area contributed by atoms with E-state index in [1.54, 1.807) is 24.3 Å². The minimum Gasteiger partial charge on any atom is -0.399 e. The monoisotopic (exact) mass is 282 g/mol. The molecule has 0 saturated carbocycles. The van der Waals surface area contributed by atoms with Gasteiger partial charge in [-0.2, -0.15) is 0 Å². The Hall–Kier alpha value is -1.82. The first-order valence-corrected chi connectivity index (χ1v) is 7.92. The van der Waals surface area contributed by atoms with Crippen molar-refractivity contribution in [3.05, 3.63) is 35.9 Å². The standard InChI is InChI=1S/C13H18N2O3S/c1-19(17,18)9-3-8-15-13(16)7-6-11-4-2-5-12(14)10-11/h2,4-7,10H,3,8-9,14H2,1H3,(H,15,16)/b7-6+. The molecule has 0 fully saturated rings. The molecular formula is C13H18N2O3S. The first-order chi connectivity index (χ1) is 8.87. The first-order valence-electron chi connectivity index (χ1n) is 5.86. The predicted molar refractivity (Wildman–Crippen MR) is 77.2 cm³/mol. The molecular weight excluding hydrogens is 264 g/mol. The van der Waals surface area contributed by atoms with Crippen LogP contribution in [0.15, 0.2) is 30.3 Å². The van der Waals surface area contributed by atoms with E-state index in [0.717, 1.165) is 5.56 Å². The highest BCUT2D eigenvalue weighted by molar-refractivity contribution is 7.90. The van der Waals surface area contributed by atoms with E-state index in [1.165, 1.54) is 12.3 Å². The van der Waals surface area contributed by atoms with Gasteiger partial charge in [-0.25, -0.2) is 8.42 Å². The lowest BCUT2D eigenvalue weighted by Gasteiger charge is -2.01. The third kappa shape index (κ3) is 7.25. The van der Waals surface area contributed by atoms with Gasteiger partial charge >= 0.3 is 0 Å². The summed E-state index contributed by atoms with van der Waals surface area (Å²) in [7, 11) is -2.97. The Labute approximate surface area is 113 Å². The van der Waals surface area contributed by atoms with Crippen LogP contribution >= 0.6 is 0 Å². The van der Waals surface area contributed by atoms with Crippen molar-refractivity contribution in [1.29, 1.82) is 0 Å². The molecule has 6 heteroatoms. The molecule has 1 aromatic rings. The lowest BCUT2D eigenvalue weighted by Crippen LogP contribution is -2.23. The smallest absolute Gasteiger partial charge is 0.243 e. The molecule has 0 spiro atoms. The van der Waals surface area contributed by atoms with Crippen LogP contribution < -0.4 is 11.1 Å². The summed E-state index contributed by atoms with van der Waals surface area (Å²) in [6, 6.07) is 7.17. The molecule has 104 valence electrons. The molecule has 3 N–H and O–H groups in total. The number of carbonyl (C=O) groups excluding carboxylic acids is 1. The summed E-state index contributed by atoms with van der Waals surface area (Å²) >= 11 is 0. The van der Waals surface area contributed by atoms with E-state index in [1.807, 2.05) is 6.07 Å². The second-order valence-corrected chi connectivity index (χ2v) is 6.54. The van der Waals surface area contributed by atoms with Crippen molar-refractivity contribution in [3.63, 3.8) is 0 Å². The van der Waals surface area contributed by atoms with E-state index in [4.69, 9.17) is 5.73 Å². The van der Waals surface area contributed by atoms with Crippen LogP contribution in [0.25, 0.3) is 6.08 Å². The number of sulfone groups is 1. The summed E-state index contributed by atoms with van der Waals surface area (Å²) in [5.74, 6) is -0.178. The second-order valence-electron chi connectivity index (χ2n) is 4.28. The molecule has 0 heterocycles. The molecule has 0 aliphatic heterocycles. The molecule has 1 amide bonds. The fourth-order valence-electron chi connectivity index (χ4n) is 1.44. The summed E-state index contributed by atoms with van der Waals surface area (Å²) in [4.78, 5) is 11.4. The van der Waals surface area contributed by atoms with Crippen molar-refractivity contribution in [2.24, 2.45) is 0 Å². The minimum absolute atomic E-state index is 0.0756. The maximum absolute atomic E-state index is 11.4. The Balaban J connectivity index is 2.35. The molecule has 0 aromatic heterocycles. The van der Waals surface area contributed by atoms with Crippen LogP contribution in [0.4, 0.5) is 5.69 Å². The number of benzene rings is 1. The van der Waals surface area contributed by atoms with E-state index in [2.05, 4.69) is 5.32 Å². The van der Waals surface area contributed by atoms with E-state index in [-0.39, 0.29) is 11.7 Å². The summed E-state index contributed by atoms with van der Waals surface area (Å²) in [5.41, 5.74) is 7.09. The second kappa shape index (κ2) is 6.94. The Bertz CT molecular complexity index is 565. The van der Waals surface area contributed by atoms with Crippen molar-refractivity contribution < 1.29 is 13.2 Å². The zero-order valence-electron chi connectivity index (χ0n) is 10.8. The van der Waals surface area contributed by atoms with E-state index >= 15 is 0 Å². The quantitative estimate of drug-likeness (QED) is 0.459. The van der Waals surface area contributed by atoms with Gasteiger partial charge in [0.15, 0.2) is 0 Å². The average molecular weight is 282 g/mol. The predicted octanol–water partition coefficient (Wildman–Crippen LogP) is 0.833. The number of nitrogens with two attached hydrogens (primary N) is 1. The normalized spacial score (nSPS) is 11.6. The maximum Gasteiger partial charge on any atom is 0.243 e. The third-order valence-corrected chi connectivity index (χ3v) is 3.36. The number of carbonyl (C=O) groups is 1. The SMILES string of the molecule is CS(=O)(=O)CCCNC(=O)/C=C/c1cccc(N)c1. The van der Waals surface area contributed by atoms with Crippen LogP contribution in [0.2, 0.25) is 0 Å². The zero-order chi connectivity index (χ0) is 14.3. The lowest BCUT2D eigenvalue weighted by atomic mass is 10.2. The highest BCUT2D eigenvalue weighted by Crippen LogP contribution is 2.07. The number of nitrogens with one attached hydrogen (secondary N) is 1. The third-order valence-electron chi connectivity index (χ3n) is 2.33. The van der Waals surface area contributed by atoms with Crippen LogP contribution in [0.5, 0.6) is 0 Å². The van der Waals surface area contributed by atoms with Gasteiger partial charge in [-0.1, -0.05) is 12.1 Å². The molecule has 0 unspecified atom stereocenters. The van der Waals surface area contributed by atoms with Gasteiger partial charge in [0.05, 0.1) is 5.75 Å². The van der Waals surface area contributed by atoms with Gasteiger partial charge in [0.2, 0.25) is 5.91 Å². The molecule has 1 aromatic carbocycles. The van der Waals surface area contributed by atoms with Crippen LogP contribution in [-0.4, -0.2) is 32.9 Å². The molecule has 0 atom stereocenters. The number of amides is 1. The van der Waals surface area contributed by atoms with Gasteiger partial charge in [-0.05, 0) is 30.2 Å². The van der Waals surface area contributed by atoms with Crippen molar-refractivity contribution in [3.8, 4) is 0 Å². The number of hydrogen-bond acceptors (Lipinski definition) is 4. The van der Waals surface area contributed by atoms with Crippen LogP contribution in [0, 0.1) is 0 Å². The molecule has 19 heavy (non-hydrogen) atoms. The largest absolute Gasteiger partial charge is 0.399 e. The average Bonchev–Trinajstić information content (AvgIpc) is 2.31. The zero-order valence-corrected chi connectivity index (χ0v) is 11.6. The number of rotatable bonds is 6. The lowest BCUT2D eigenvalue weighted by molar-refractivity contribution is -0.116. The van der Waals surface area contributed by atoms with E-state index < -0.39 is 9.84 Å². The van der Waals surface area contributed by atoms with E-state index in [0.29, 0.717) is 18.7 Å². The first kappa shape index (κ1) is 15.2. The van der Waals surface area contributed by atoms with Gasteiger partial charge in [0.1, 0.15) is 9.84 Å². The van der Waals surface area contributed by atoms with Crippen LogP contribution in [-0.2, 0) is 14.6 Å². The Morgan fingerprint density at radius 2 is 2.16 bits per heavy atom. The Kier molecular flexibility index (Phi) is 5.57. The highest BCUT2D eigenvalue weighted by atomic mass is 32.2. The topological polar surface area (TPSA) is 89.3 Å². The Morgan fingerprint density at radius 3 is 2.79 bits per heavy atom. The summed E-state index contributed by atoms with van der Waals surface area (Å²) in [6.07, 6.45) is 4.64. The Morgan fingerprint density at radius 1 is 1.42 bits per heavy atom. The maximum atomic E-state index is 11.4. The molecule has 0 aliphatic rings. The fourth-order valence-corrected chi connectivity index (χ4v) is 2.11. The molecule has 1 rings (SSSR count). The minimum atomic E-state index is -2.97. The number of anilines is 1. The summed E-state index contributed by atoms with van der Waals surface area (Å²) < 4.78 is 21.8. The highest BCUT2D eigenvalue weighted by Gasteiger charge is 2.01. The molecule has 0 aliphatic carbocycles. The van der Waals surface area contributed by atoms with Crippen molar-refractivity contribution in [2.45, 2.75) is 6.42 Å². The van der Waals surface area contributed by atoms with Crippen molar-refractivity contribution >= 4 is 27.5 Å². The van der Waals surface area contributed by atoms with Crippen molar-refractivity contribution in [1.82, 2.24) is 5.32 Å². The van der Waals surface area contributed by atoms with Gasteiger partial charge < -0.3 is 11.1 Å². The molecule has 0 saturated heterocycles. The van der Waals surface area contributed by atoms with Crippen LogP contribution in [0.1, 0.15) is 12.0 Å². The van der Waals surface area contributed by atoms with Crippen LogP contribution in [0.3, 0.4) is 0 Å². The van der Waals surface area contributed by atoms with Gasteiger partial charge in [0, 0.05) is 24.6 Å². The van der Waals surface area contributed by atoms with Gasteiger partial charge in [-0.3, -0.25) is 4.79 Å². The molecule has 5 nitrogen and oxygen atoms in total. The summed E-state index contributed by atoms with van der Waals surface area (Å²) in [6.45, 7) is 0.340. The van der Waals surface area contributed by atoms with Gasteiger partial charge in [0.25, 0.3) is 0 Å².